The number of benzene rings is 16. The Labute approximate surface area is 821 Å². The molecule has 0 N–H and O–H groups in total. The van der Waals surface area contributed by atoms with Crippen molar-refractivity contribution in [1.82, 2.24) is 18.3 Å². The molecule has 0 bridgehead atoms. The molecule has 0 spiro atoms. The zero-order valence-corrected chi connectivity index (χ0v) is 86.5. The van der Waals surface area contributed by atoms with Crippen molar-refractivity contribution in [3.05, 3.63) is 382 Å². The first-order valence-corrected chi connectivity index (χ1v) is 50.5. The van der Waals surface area contributed by atoms with Crippen molar-refractivity contribution in [1.29, 1.82) is 0 Å². The number of hydrogen-bond donors (Lipinski definition) is 0. The summed E-state index contributed by atoms with van der Waals surface area (Å²) < 4.78 is 10.1. The van der Waals surface area contributed by atoms with Crippen LogP contribution in [0.5, 0.6) is 0 Å². The second kappa shape index (κ2) is 32.8. The van der Waals surface area contributed by atoms with Gasteiger partial charge in [-0.1, -0.05) is 425 Å². The summed E-state index contributed by atoms with van der Waals surface area (Å²) in [6.45, 7) is 63.4. The van der Waals surface area contributed by atoms with Gasteiger partial charge in [-0.05, 0) is 247 Å². The topological polar surface area (TPSA) is 19.7 Å². The number of fused-ring (bicyclic) bond motifs is 20. The molecule has 20 aromatic rings. The average Bonchev–Trinajstić information content (AvgIpc) is 1.55. The van der Waals surface area contributed by atoms with E-state index in [1.54, 1.807) is 0 Å². The van der Waals surface area contributed by atoms with Gasteiger partial charge < -0.3 is 18.3 Å². The molecule has 0 unspecified atom stereocenters. The Balaban J connectivity index is 0.000000111. The fourth-order valence-corrected chi connectivity index (χ4v) is 24.0. The maximum absolute atomic E-state index is 2.60. The molecule has 0 saturated heterocycles. The van der Waals surface area contributed by atoms with Crippen LogP contribution in [0.4, 0.5) is 0 Å². The van der Waals surface area contributed by atoms with Crippen LogP contribution in [0.2, 0.25) is 0 Å². The van der Waals surface area contributed by atoms with E-state index in [4.69, 9.17) is 0 Å². The Morgan fingerprint density at radius 3 is 0.804 bits per heavy atom. The molecule has 4 aliphatic rings. The third-order valence-electron chi connectivity index (χ3n) is 31.1. The molecule has 0 radical (unpaired) electrons. The molecule has 0 saturated carbocycles. The highest BCUT2D eigenvalue weighted by molar-refractivity contribution is 7.00. The predicted octanol–water partition coefficient (Wildman–Crippen LogP) is 25.4. The van der Waals surface area contributed by atoms with Gasteiger partial charge in [-0.25, -0.2) is 0 Å². The van der Waals surface area contributed by atoms with Crippen molar-refractivity contribution in [3.63, 3.8) is 0 Å². The third-order valence-corrected chi connectivity index (χ3v) is 31.1. The van der Waals surface area contributed by atoms with Gasteiger partial charge in [0.1, 0.15) is 0 Å². The van der Waals surface area contributed by atoms with Gasteiger partial charge in [-0.2, -0.15) is 0 Å². The van der Waals surface area contributed by atoms with E-state index in [-0.39, 0.29) is 64.8 Å². The smallest absolute Gasteiger partial charge is 0.247 e. The zero-order valence-electron chi connectivity index (χ0n) is 86.5. The largest absolute Gasteiger partial charge is 0.310 e. The highest BCUT2D eigenvalue weighted by Crippen LogP contribution is 2.45. The molecule has 16 aromatic carbocycles. The highest BCUT2D eigenvalue weighted by Gasteiger charge is 2.43. The van der Waals surface area contributed by atoms with E-state index in [2.05, 4.69) is 515 Å². The lowest BCUT2D eigenvalue weighted by molar-refractivity contribution is 0.590. The molecule has 4 nitrogen and oxygen atoms in total. The number of rotatable bonds is 4. The molecular formula is C130H132B4N4. The summed E-state index contributed by atoms with van der Waals surface area (Å²) in [6.07, 6.45) is 0. The number of hydrogen-bond acceptors (Lipinski definition) is 0. The van der Waals surface area contributed by atoms with Crippen molar-refractivity contribution in [2.45, 2.75) is 225 Å². The Morgan fingerprint density at radius 1 is 0.174 bits per heavy atom. The summed E-state index contributed by atoms with van der Waals surface area (Å²) in [4.78, 5) is 0. The van der Waals surface area contributed by atoms with Crippen molar-refractivity contribution >= 4 is 180 Å². The maximum Gasteiger partial charge on any atom is 0.247 e. The number of aryl methyl sites for hydroxylation is 6. The molecule has 4 aliphatic heterocycles. The summed E-state index contributed by atoms with van der Waals surface area (Å²) in [5.41, 5.74) is 51.2. The minimum Gasteiger partial charge on any atom is -0.310 e. The molecule has 0 fully saturated rings. The monoisotopic (exact) mass is 1790 g/mol. The van der Waals surface area contributed by atoms with E-state index in [0.717, 1.165) is 0 Å². The Morgan fingerprint density at radius 2 is 0.435 bits per heavy atom. The number of para-hydroxylation sites is 5. The van der Waals surface area contributed by atoms with Crippen molar-refractivity contribution in [2.75, 3.05) is 0 Å². The minimum absolute atomic E-state index is 0.0407. The molecule has 0 amide bonds. The number of nitrogens with zero attached hydrogens (tertiary/aromatic N) is 4. The molecule has 8 heterocycles. The van der Waals surface area contributed by atoms with E-state index < -0.39 is 0 Å². The van der Waals surface area contributed by atoms with Gasteiger partial charge in [-0.3, -0.25) is 0 Å². The Hall–Kier alpha value is -13.0. The van der Waals surface area contributed by atoms with Crippen LogP contribution in [0.15, 0.2) is 309 Å². The van der Waals surface area contributed by atoms with E-state index in [9.17, 15) is 0 Å². The molecular weight excluding hydrogens is 1660 g/mol. The van der Waals surface area contributed by atoms with Crippen LogP contribution in [0.1, 0.15) is 218 Å². The first kappa shape index (κ1) is 91.4. The first-order chi connectivity index (χ1) is 65.4. The summed E-state index contributed by atoms with van der Waals surface area (Å²) in [5, 5.41) is 10.9. The van der Waals surface area contributed by atoms with Crippen LogP contribution in [-0.2, 0) is 37.9 Å². The van der Waals surface area contributed by atoms with Gasteiger partial charge in [-0.15, -0.1) is 0 Å². The van der Waals surface area contributed by atoms with Gasteiger partial charge in [0.05, 0.1) is 22.1 Å². The van der Waals surface area contributed by atoms with Gasteiger partial charge >= 0.3 is 0 Å². The quantitative estimate of drug-likeness (QED) is 0.157. The Kier molecular flexibility index (Phi) is 21.7. The lowest BCUT2D eigenvalue weighted by Crippen LogP contribution is -2.57. The molecule has 24 rings (SSSR count). The first-order valence-electron chi connectivity index (χ1n) is 50.5. The Bertz CT molecular complexity index is 8330. The van der Waals surface area contributed by atoms with Crippen LogP contribution in [-0.4, -0.2) is 45.1 Å². The van der Waals surface area contributed by atoms with Crippen LogP contribution >= 0.6 is 0 Å². The van der Waals surface area contributed by atoms with Gasteiger partial charge in [0, 0.05) is 87.9 Å². The summed E-state index contributed by atoms with van der Waals surface area (Å²) >= 11 is 0. The van der Waals surface area contributed by atoms with E-state index in [1.807, 2.05) is 0 Å². The van der Waals surface area contributed by atoms with Crippen molar-refractivity contribution < 1.29 is 0 Å². The lowest BCUT2D eigenvalue weighted by Gasteiger charge is -2.32. The lowest BCUT2D eigenvalue weighted by atomic mass is 9.34. The van der Waals surface area contributed by atoms with E-state index in [0.29, 0.717) is 0 Å². The average molecular weight is 1790 g/mol. The predicted molar refractivity (Wildman–Crippen MR) is 607 cm³/mol. The van der Waals surface area contributed by atoms with Gasteiger partial charge in [0.2, 0.25) is 26.9 Å². The molecule has 8 heteroatoms. The van der Waals surface area contributed by atoms with Crippen LogP contribution in [0.3, 0.4) is 0 Å². The standard InChI is InChI=1S/C39H46BN.C35H38BN.C32H32BN.C24H16BN/c1-23-17-24(2)35(25(3)18-23)40-31-15-13-27(38(7,8)9)22-34(31)41-33-16-14-26(37(4,5)6)19-29(33)30-20-28(39(10,11)12)21-32(40)36(30)41;1-21-16-22(2)32(23(3)17-21)36-28-12-10-11-13-31(28)37-30-15-14-24(34(4,5)6)18-26(30)27-19-25(35(7,8)9)20-29(36)33(27)37;1-31(2,3)21-16-17-28-24(18-21)25-19-22(32(4,5)6)20-27-30(25)34(28)29-15-11-10-14-26(29)33(27)23-12-8-7-9-13-23;1-2-9-17(10-3-1)25-20-13-5-7-16-23(20)26-22-15-6-4-11-18(22)19-12-8-14-21(25)24(19)26/h13-22H,1-12H3;10-20H,1-9H3;7-20H,1-6H3;1-16H. The number of aromatic nitrogens is 4. The maximum atomic E-state index is 2.60. The third kappa shape index (κ3) is 15.2. The van der Waals surface area contributed by atoms with Crippen LogP contribution < -0.4 is 65.6 Å². The fourth-order valence-electron chi connectivity index (χ4n) is 24.0. The normalized spacial score (nSPS) is 13.4. The van der Waals surface area contributed by atoms with E-state index >= 15 is 0 Å². The van der Waals surface area contributed by atoms with Crippen molar-refractivity contribution in [2.24, 2.45) is 0 Å². The molecule has 684 valence electrons. The second-order valence-corrected chi connectivity index (χ2v) is 48.1. The molecule has 4 aromatic heterocycles. The summed E-state index contributed by atoms with van der Waals surface area (Å²) in [5.74, 6) is 0. The van der Waals surface area contributed by atoms with E-state index in [1.165, 1.54) is 248 Å². The van der Waals surface area contributed by atoms with Crippen LogP contribution in [0.25, 0.3) is 110 Å². The minimum atomic E-state index is 0.0407. The van der Waals surface area contributed by atoms with Gasteiger partial charge in [0.15, 0.2) is 0 Å². The molecule has 138 heavy (non-hydrogen) atoms. The fraction of sp³-hybridized carbons (Fsp3) is 0.262. The second-order valence-electron chi connectivity index (χ2n) is 48.1. The molecule has 0 aliphatic carbocycles. The SMILES string of the molecule is CC(C)(C)c1ccc2c(c1)c1cc(C(C)(C)C)cc3c1n2-c1ccccc1B3c1ccccc1.Cc1cc(C)c(B2c3ccc(C(C)(C)C)cc3-n3c4ccc(C(C)(C)C)cc4c4cc(C(C)(C)C)cc2c43)c(C)c1.Cc1cc(C)c(B2c3ccccc3-n3c4ccc(C(C)(C)C)cc4c4cc(C(C)(C)C)cc2c43)c(C)c1.c1ccc(B2c3ccccc3-n3c4ccccc4c4cccc2c43)cc1. The highest BCUT2D eigenvalue weighted by atomic mass is 15.0. The zero-order chi connectivity index (χ0) is 97.2. The summed E-state index contributed by atoms with van der Waals surface area (Å²) in [7, 11) is 0. The van der Waals surface area contributed by atoms with Crippen molar-refractivity contribution in [3.8, 4) is 22.7 Å². The summed E-state index contributed by atoms with van der Waals surface area (Å²) in [6, 6.07) is 117. The molecule has 0 atom stereocenters. The van der Waals surface area contributed by atoms with Crippen LogP contribution in [0, 0.1) is 41.5 Å². The van der Waals surface area contributed by atoms with Gasteiger partial charge in [0.25, 0.3) is 0 Å².